The molecule has 2 fully saturated rings. The lowest BCUT2D eigenvalue weighted by atomic mass is 9.91. The molecule has 7 heterocycles. The highest BCUT2D eigenvalue weighted by Gasteiger charge is 2.37. The molecule has 0 bridgehead atoms. The number of rotatable bonds is 6. The lowest BCUT2D eigenvalue weighted by Crippen LogP contribution is -2.36. The van der Waals surface area contributed by atoms with Crippen molar-refractivity contribution in [1.29, 1.82) is 0 Å². The maximum atomic E-state index is 14.3. The van der Waals surface area contributed by atoms with E-state index < -0.39 is 5.76 Å². The summed E-state index contributed by atoms with van der Waals surface area (Å²) in [6, 6.07) is 18.2. The number of amides is 1. The number of nitrogens with one attached hydrogen (secondary N) is 2. The number of fused-ring (bicyclic) bond motifs is 3. The maximum Gasteiger partial charge on any atom is 0.438 e. The Kier molecular flexibility index (Phi) is 9.67. The van der Waals surface area contributed by atoms with Gasteiger partial charge >= 0.3 is 11.4 Å². The lowest BCUT2D eigenvalue weighted by molar-refractivity contribution is 0.0729. The standard InChI is InChI=1S/C39H37ClN8O3.C6H8N2O2/c1-23-16-30(17-24(2)36(23)40)48-37(47-13-12-46(39(47)50)29-5-7-35-28(19-29)21-41-44(35)3)31-22-45(11-8-33(31)43-48)38(49)34-20-27-18-26(4-6-32(27)42-34)25-9-14-51-15-10-25;1-3-2-4(3)5-7-6(9)10-8-5/h4-7,12-13,16-21,25,42H,8-11,14-15,22H2,1-3H3;3-4H,2H2,1H3,(H,7,8,9)/t;3-,4+/m.0/s1. The molecular weight excluding hydrogens is 796 g/mol. The highest BCUT2D eigenvalue weighted by atomic mass is 35.5. The van der Waals surface area contributed by atoms with E-state index in [2.05, 4.69) is 49.9 Å². The van der Waals surface area contributed by atoms with Gasteiger partial charge in [-0.3, -0.25) is 28.1 Å². The third-order valence-electron chi connectivity index (χ3n) is 12.5. The van der Waals surface area contributed by atoms with Crippen LogP contribution in [0.3, 0.4) is 0 Å². The highest BCUT2D eigenvalue weighted by molar-refractivity contribution is 6.32. The van der Waals surface area contributed by atoms with Crippen LogP contribution in [-0.4, -0.2) is 74.4 Å². The maximum absolute atomic E-state index is 14.3. The van der Waals surface area contributed by atoms with Gasteiger partial charge in [-0.25, -0.2) is 14.3 Å². The summed E-state index contributed by atoms with van der Waals surface area (Å²) in [6.45, 7) is 8.42. The van der Waals surface area contributed by atoms with Crippen LogP contribution in [0.5, 0.6) is 0 Å². The van der Waals surface area contributed by atoms with Crippen molar-refractivity contribution >= 4 is 39.3 Å². The predicted molar refractivity (Wildman–Crippen MR) is 230 cm³/mol. The van der Waals surface area contributed by atoms with E-state index >= 15 is 0 Å². The number of carbonyl (C=O) groups is 1. The number of benzene rings is 3. The Balaban J connectivity index is 0.000000389. The Bertz CT molecular complexity index is 3080. The molecule has 312 valence electrons. The first kappa shape index (κ1) is 38.7. The quantitative estimate of drug-likeness (QED) is 0.180. The van der Waals surface area contributed by atoms with Gasteiger partial charge in [0.15, 0.2) is 5.82 Å². The third-order valence-corrected chi connectivity index (χ3v) is 13.1. The van der Waals surface area contributed by atoms with Crippen molar-refractivity contribution in [2.45, 2.75) is 64.8 Å². The summed E-state index contributed by atoms with van der Waals surface area (Å²) in [5, 5.41) is 15.7. The molecule has 0 spiro atoms. The number of halogens is 1. The van der Waals surface area contributed by atoms with Crippen LogP contribution in [0.1, 0.15) is 82.3 Å². The minimum atomic E-state index is -0.450. The van der Waals surface area contributed by atoms with Crippen molar-refractivity contribution in [3.63, 3.8) is 0 Å². The average Bonchev–Trinajstić information content (AvgIpc) is 3.84. The van der Waals surface area contributed by atoms with Gasteiger partial charge < -0.3 is 14.6 Å². The summed E-state index contributed by atoms with van der Waals surface area (Å²) in [5.74, 6) is 2.33. The molecule has 61 heavy (non-hydrogen) atoms. The molecule has 0 radical (unpaired) electrons. The first-order valence-corrected chi connectivity index (χ1v) is 21.0. The number of carbonyl (C=O) groups excluding carboxylic acids is 1. The molecule has 15 nitrogen and oxygen atoms in total. The predicted octanol–water partition coefficient (Wildman–Crippen LogP) is 7.03. The fraction of sp³-hybridized carbons (Fsp3) is 0.333. The highest BCUT2D eigenvalue weighted by Crippen LogP contribution is 2.45. The number of hydrogen-bond acceptors (Lipinski definition) is 8. The molecule has 1 aliphatic carbocycles. The van der Waals surface area contributed by atoms with Crippen molar-refractivity contribution in [2.24, 2.45) is 13.0 Å². The van der Waals surface area contributed by atoms with Crippen molar-refractivity contribution < 1.29 is 14.1 Å². The summed E-state index contributed by atoms with van der Waals surface area (Å²) < 4.78 is 16.8. The van der Waals surface area contributed by atoms with E-state index in [9.17, 15) is 14.4 Å². The molecule has 5 aromatic heterocycles. The normalized spacial score (nSPS) is 17.8. The van der Waals surface area contributed by atoms with E-state index in [-0.39, 0.29) is 11.6 Å². The molecule has 2 aliphatic heterocycles. The van der Waals surface area contributed by atoms with Crippen LogP contribution in [0.25, 0.3) is 39.0 Å². The average molecular weight is 841 g/mol. The Morgan fingerprint density at radius 1 is 0.918 bits per heavy atom. The zero-order valence-electron chi connectivity index (χ0n) is 34.3. The fourth-order valence-electron chi connectivity index (χ4n) is 8.87. The number of aromatic nitrogens is 9. The van der Waals surface area contributed by atoms with Crippen LogP contribution in [0.15, 0.2) is 87.3 Å². The van der Waals surface area contributed by atoms with Gasteiger partial charge in [0.1, 0.15) is 11.5 Å². The number of imidazole rings is 1. The summed E-state index contributed by atoms with van der Waals surface area (Å²) >= 11 is 6.58. The van der Waals surface area contributed by atoms with Gasteiger partial charge in [0.05, 0.1) is 35.3 Å². The fourth-order valence-corrected chi connectivity index (χ4v) is 8.98. The van der Waals surface area contributed by atoms with Crippen LogP contribution < -0.4 is 11.4 Å². The van der Waals surface area contributed by atoms with E-state index in [1.165, 1.54) is 5.56 Å². The largest absolute Gasteiger partial charge is 0.438 e. The smallest absolute Gasteiger partial charge is 0.381 e. The van der Waals surface area contributed by atoms with Gasteiger partial charge in [-0.15, -0.1) is 0 Å². The summed E-state index contributed by atoms with van der Waals surface area (Å²) in [7, 11) is 1.89. The minimum absolute atomic E-state index is 0.0870. The van der Waals surface area contributed by atoms with Crippen LogP contribution in [-0.2, 0) is 24.8 Å². The number of aryl methyl sites for hydroxylation is 3. The molecule has 16 heteroatoms. The van der Waals surface area contributed by atoms with E-state index in [4.69, 9.17) is 21.4 Å². The first-order valence-electron chi connectivity index (χ1n) is 20.7. The monoisotopic (exact) mass is 840 g/mol. The third kappa shape index (κ3) is 7.10. The molecular formula is C45H45ClN10O5. The van der Waals surface area contributed by atoms with Crippen molar-refractivity contribution in [3.05, 3.63) is 139 Å². The second-order valence-electron chi connectivity index (χ2n) is 16.6. The molecule has 11 rings (SSSR count). The lowest BCUT2D eigenvalue weighted by Gasteiger charge is -2.26. The zero-order chi connectivity index (χ0) is 42.1. The number of aromatic amines is 2. The van der Waals surface area contributed by atoms with Crippen molar-refractivity contribution in [3.8, 4) is 17.2 Å². The molecule has 1 amide bonds. The van der Waals surface area contributed by atoms with Gasteiger partial charge in [0.2, 0.25) is 0 Å². The molecule has 3 aliphatic rings. The van der Waals surface area contributed by atoms with E-state index in [0.717, 1.165) is 88.0 Å². The van der Waals surface area contributed by atoms with Gasteiger partial charge in [0.25, 0.3) is 5.91 Å². The number of hydrogen-bond donors (Lipinski definition) is 2. The molecule has 0 unspecified atom stereocenters. The molecule has 2 atom stereocenters. The Hall–Kier alpha value is -6.45. The molecule has 1 saturated carbocycles. The molecule has 2 N–H and O–H groups in total. The van der Waals surface area contributed by atoms with Crippen molar-refractivity contribution in [2.75, 3.05) is 19.8 Å². The van der Waals surface area contributed by atoms with Gasteiger partial charge in [-0.2, -0.15) is 10.2 Å². The number of H-pyrrole nitrogens is 2. The number of ether oxygens (including phenoxy) is 1. The van der Waals surface area contributed by atoms with Crippen molar-refractivity contribution in [1.82, 2.24) is 48.7 Å². The summed E-state index contributed by atoms with van der Waals surface area (Å²) in [5.41, 5.74) is 8.54. The van der Waals surface area contributed by atoms with E-state index in [1.807, 2.05) is 66.9 Å². The summed E-state index contributed by atoms with van der Waals surface area (Å²) in [4.78, 5) is 46.6. The van der Waals surface area contributed by atoms with Crippen LogP contribution >= 0.6 is 11.6 Å². The SMILES string of the molecule is C[C@H]1C[C@H]1c1noc(=O)[nH]1.Cc1cc(-n2nc3c(c2-n2ccn(-c4ccc5c(cnn5C)c4)c2=O)CN(C(=O)c2cc4cc(C5CCOCC5)ccc4[nH]2)CC3)cc(C)c1Cl. The van der Waals surface area contributed by atoms with E-state index in [0.29, 0.717) is 59.6 Å². The first-order chi connectivity index (χ1) is 29.5. The van der Waals surface area contributed by atoms with Crippen LogP contribution in [0.2, 0.25) is 5.02 Å². The second kappa shape index (κ2) is 15.2. The summed E-state index contributed by atoms with van der Waals surface area (Å²) in [6.07, 6.45) is 9.02. The molecule has 8 aromatic rings. The molecule has 3 aromatic carbocycles. The Morgan fingerprint density at radius 3 is 2.43 bits per heavy atom. The van der Waals surface area contributed by atoms with E-state index in [1.54, 1.807) is 32.4 Å². The number of nitrogens with zero attached hydrogens (tertiary/aromatic N) is 8. The van der Waals surface area contributed by atoms with Crippen LogP contribution in [0, 0.1) is 19.8 Å². The minimum Gasteiger partial charge on any atom is -0.381 e. The topological polar surface area (TPSA) is 167 Å². The van der Waals surface area contributed by atoms with Gasteiger partial charge in [-0.05, 0) is 110 Å². The van der Waals surface area contributed by atoms with Gasteiger partial charge in [-0.1, -0.05) is 29.7 Å². The zero-order valence-corrected chi connectivity index (χ0v) is 35.1. The Morgan fingerprint density at radius 2 is 1.69 bits per heavy atom. The Labute approximate surface area is 354 Å². The van der Waals surface area contributed by atoms with Gasteiger partial charge in [0, 0.05) is 78.4 Å². The molecule has 1 saturated heterocycles. The van der Waals surface area contributed by atoms with Crippen LogP contribution in [0.4, 0.5) is 0 Å². The second-order valence-corrected chi connectivity index (χ2v) is 17.0.